The first-order chi connectivity index (χ1) is 34.3. The lowest BCUT2D eigenvalue weighted by Crippen LogP contribution is -2.24. The van der Waals surface area contributed by atoms with Crippen molar-refractivity contribution in [1.29, 1.82) is 5.41 Å². The van der Waals surface area contributed by atoms with Gasteiger partial charge in [0.15, 0.2) is 32.5 Å². The summed E-state index contributed by atoms with van der Waals surface area (Å²) in [6, 6.07) is 16.9. The van der Waals surface area contributed by atoms with Crippen molar-refractivity contribution in [3.05, 3.63) is 112 Å². The van der Waals surface area contributed by atoms with Gasteiger partial charge >= 0.3 is 5.97 Å². The zero-order valence-corrected chi connectivity index (χ0v) is 39.8. The van der Waals surface area contributed by atoms with Crippen LogP contribution in [0.5, 0.6) is 0 Å². The van der Waals surface area contributed by atoms with Gasteiger partial charge in [0.1, 0.15) is 0 Å². The Kier molecular flexibility index (Phi) is 13.3. The highest BCUT2D eigenvalue weighted by Crippen LogP contribution is 2.46. The highest BCUT2D eigenvalue weighted by Gasteiger charge is 2.32. The van der Waals surface area contributed by atoms with Crippen molar-refractivity contribution in [2.75, 3.05) is 17.6 Å². The number of fused-ring (bicyclic) bond motifs is 5. The molecule has 0 saturated heterocycles. The molecule has 0 atom stereocenters. The number of carbonyl (C=O) groups is 3. The molecule has 8 N–H and O–H groups in total. The fourth-order valence-corrected chi connectivity index (χ4v) is 9.94. The van der Waals surface area contributed by atoms with Gasteiger partial charge in [-0.1, -0.05) is 35.7 Å². The molecule has 0 bridgehead atoms. The van der Waals surface area contributed by atoms with E-state index >= 15 is 0 Å². The lowest BCUT2D eigenvalue weighted by molar-refractivity contribution is -0.116. The predicted octanol–water partition coefficient (Wildman–Crippen LogP) is 6.51. The molecule has 3 aromatic carbocycles. The Balaban J connectivity index is 0.782. The smallest absolute Gasteiger partial charge is 0.336 e. The van der Waals surface area contributed by atoms with Gasteiger partial charge in [-0.3, -0.25) is 34.1 Å². The Morgan fingerprint density at radius 2 is 1.64 bits per heavy atom. The number of aryl methyl sites for hydroxylation is 2. The first kappa shape index (κ1) is 48.9. The first-order valence-corrected chi connectivity index (χ1v) is 25.2. The topological polar surface area (TPSA) is 354 Å². The van der Waals surface area contributed by atoms with E-state index in [0.717, 1.165) is 43.2 Å². The molecular weight excluding hydrogens is 998 g/mol. The van der Waals surface area contributed by atoms with Gasteiger partial charge in [-0.25, -0.2) is 14.8 Å². The van der Waals surface area contributed by atoms with E-state index < -0.39 is 69.9 Å². The molecule has 7 aromatic rings. The molecule has 1 aliphatic heterocycles. The third-order valence-electron chi connectivity index (χ3n) is 11.5. The molecule has 4 aromatic heterocycles. The minimum Gasteiger partial charge on any atom is -0.478 e. The summed E-state index contributed by atoms with van der Waals surface area (Å²) in [5.41, 5.74) is 5.55. The number of unbranched alkanes of at least 4 members (excludes halogenated alkanes) is 3. The molecule has 5 heterocycles. The van der Waals surface area contributed by atoms with Crippen LogP contribution in [0.1, 0.15) is 64.9 Å². The van der Waals surface area contributed by atoms with Crippen molar-refractivity contribution in [3.63, 3.8) is 0 Å². The van der Waals surface area contributed by atoms with E-state index in [1.54, 1.807) is 35.0 Å². The van der Waals surface area contributed by atoms with Gasteiger partial charge < -0.3 is 25.0 Å². The maximum Gasteiger partial charge on any atom is 0.336 e. The van der Waals surface area contributed by atoms with Crippen LogP contribution in [0.4, 0.5) is 11.6 Å². The highest BCUT2D eigenvalue weighted by molar-refractivity contribution is 7.86. The highest BCUT2D eigenvalue weighted by atomic mass is 35.5. The van der Waals surface area contributed by atoms with Crippen molar-refractivity contribution in [1.82, 2.24) is 39.9 Å². The van der Waals surface area contributed by atoms with Gasteiger partial charge in [0.25, 0.3) is 26.1 Å². The fourth-order valence-electron chi connectivity index (χ4n) is 8.28. The minimum atomic E-state index is -5.20. The molecular formula is C46H40ClN11O12S2. The molecule has 9 rings (SSSR count). The summed E-state index contributed by atoms with van der Waals surface area (Å²) in [5, 5.41) is 37.4. The number of carboxylic acids is 1. The third kappa shape index (κ3) is 9.95. The Hall–Kier alpha value is -8.10. The summed E-state index contributed by atoms with van der Waals surface area (Å²) >= 11 is 6.26. The number of nitrogen functional groups attached to an aromatic ring is 1. The number of carboxylic acid groups (broad SMARTS) is 1. The van der Waals surface area contributed by atoms with Crippen molar-refractivity contribution in [2.24, 2.45) is 0 Å². The maximum atomic E-state index is 13.3. The summed E-state index contributed by atoms with van der Waals surface area (Å²) in [6.45, 7) is 0.845. The Morgan fingerprint density at radius 1 is 0.861 bits per heavy atom. The molecule has 0 saturated carbocycles. The van der Waals surface area contributed by atoms with Gasteiger partial charge in [-0.15, -0.1) is 10.2 Å². The number of furan rings is 1. The van der Waals surface area contributed by atoms with E-state index in [9.17, 15) is 45.4 Å². The summed E-state index contributed by atoms with van der Waals surface area (Å²) in [7, 11) is -10.4. The second-order valence-corrected chi connectivity index (χ2v) is 19.6. The Morgan fingerprint density at radius 3 is 2.39 bits per heavy atom. The lowest BCUT2D eigenvalue weighted by atomic mass is 9.89. The van der Waals surface area contributed by atoms with Crippen LogP contribution in [0.3, 0.4) is 0 Å². The van der Waals surface area contributed by atoms with Crippen molar-refractivity contribution in [2.45, 2.75) is 61.3 Å². The number of aromatic nitrogens is 7. The minimum absolute atomic E-state index is 0.0377. The number of rotatable bonds is 18. The van der Waals surface area contributed by atoms with Crippen molar-refractivity contribution in [3.8, 4) is 34.0 Å². The molecule has 23 nitrogen and oxygen atoms in total. The molecule has 1 aliphatic carbocycles. The van der Waals surface area contributed by atoms with Crippen molar-refractivity contribution < 1.29 is 54.3 Å². The number of hydrogen-bond acceptors (Lipinski definition) is 16. The summed E-state index contributed by atoms with van der Waals surface area (Å²) in [6.07, 6.45) is 7.39. The monoisotopic (exact) mass is 1040 g/mol. The summed E-state index contributed by atoms with van der Waals surface area (Å²) < 4.78 is 84.5. The molecule has 26 heteroatoms. The number of carbonyl (C=O) groups excluding carboxylic acids is 2. The molecule has 2 aliphatic rings. The van der Waals surface area contributed by atoms with Gasteiger partial charge in [-0.05, 0) is 98.0 Å². The first-order valence-electron chi connectivity index (χ1n) is 21.9. The van der Waals surface area contributed by atoms with Gasteiger partial charge in [-0.2, -0.15) is 21.4 Å². The SMILES string of the molecule is N=c1ccc2c(-c3ccc(C(=O)NCCCCCCn4cc(CCCC(=O)Nc5nc6ccc(Cl)cc6c6nc(-c7ccco7)nn56)nn4)cc3C(=O)O)c3ccc(N)c(S(=O)(=O)O)c3oc-2c1S(=O)(=O)O. The second-order valence-electron chi connectivity index (χ2n) is 16.5. The van der Waals surface area contributed by atoms with E-state index in [0.29, 0.717) is 59.0 Å². The zero-order chi connectivity index (χ0) is 51.1. The number of nitrogens with two attached hydrogens (primary N) is 1. The quantitative estimate of drug-likeness (QED) is 0.0208. The number of halogens is 1. The van der Waals surface area contributed by atoms with Gasteiger partial charge in [0.2, 0.25) is 17.7 Å². The molecule has 0 fully saturated rings. The molecule has 0 radical (unpaired) electrons. The van der Waals surface area contributed by atoms with E-state index in [-0.39, 0.29) is 52.5 Å². The van der Waals surface area contributed by atoms with Crippen LogP contribution in [0, 0.1) is 5.41 Å². The molecule has 0 spiro atoms. The number of anilines is 2. The van der Waals surface area contributed by atoms with Crippen LogP contribution in [-0.4, -0.2) is 90.0 Å². The summed E-state index contributed by atoms with van der Waals surface area (Å²) in [5.74, 6) is -2.14. The largest absolute Gasteiger partial charge is 0.478 e. The van der Waals surface area contributed by atoms with Gasteiger partial charge in [0, 0.05) is 58.2 Å². The second kappa shape index (κ2) is 19.6. The normalized spacial score (nSPS) is 12.0. The Labute approximate surface area is 412 Å². The van der Waals surface area contributed by atoms with Crippen LogP contribution in [0.15, 0.2) is 104 Å². The van der Waals surface area contributed by atoms with Crippen LogP contribution >= 0.6 is 11.6 Å². The zero-order valence-electron chi connectivity index (χ0n) is 37.4. The number of nitrogens with one attached hydrogen (secondary N) is 3. The van der Waals surface area contributed by atoms with Crippen LogP contribution < -0.4 is 21.7 Å². The van der Waals surface area contributed by atoms with E-state index in [1.165, 1.54) is 35.0 Å². The van der Waals surface area contributed by atoms with Crippen molar-refractivity contribution >= 4 is 88.8 Å². The van der Waals surface area contributed by atoms with Crippen LogP contribution in [-0.2, 0) is 38.0 Å². The number of hydrogen-bond donors (Lipinski definition) is 7. The molecule has 370 valence electrons. The molecule has 2 amide bonds. The van der Waals surface area contributed by atoms with Crippen LogP contribution in [0.25, 0.3) is 61.6 Å². The molecule has 0 unspecified atom stereocenters. The average molecular weight is 1040 g/mol. The standard InChI is InChI=1S/C46H40ClN11O12S2/c47-25-11-17-34-31(22-25)43-53-42(35-8-6-20-69-35)55-58(43)46(51-34)52-36(59)9-5-7-26-23-57(56-54-26)19-4-2-1-3-18-50-44(60)24-10-12-27(30(21-24)45(61)62)37-28-13-15-32(48)40(71(63,64)65)38(28)70-39-29(37)14-16-33(49)41(39)72(66,67)68/h6,8,10-17,20-23,48H,1-5,7,9,18-19,49H2,(H,50,60)(H,61,62)(H,51,52,59)(H,63,64,65)(H,66,67,68). The average Bonchev–Trinajstić information content (AvgIpc) is 4.12. The maximum absolute atomic E-state index is 13.3. The van der Waals surface area contributed by atoms with E-state index in [1.807, 2.05) is 6.20 Å². The lowest BCUT2D eigenvalue weighted by Gasteiger charge is -2.20. The van der Waals surface area contributed by atoms with Gasteiger partial charge in [0.05, 0.1) is 34.1 Å². The van der Waals surface area contributed by atoms with E-state index in [2.05, 4.69) is 36.0 Å². The Bertz CT molecular complexity index is 3890. The number of nitrogens with zero attached hydrogens (tertiary/aromatic N) is 7. The predicted molar refractivity (Wildman–Crippen MR) is 259 cm³/mol. The number of benzene rings is 4. The number of aromatic carboxylic acids is 1. The third-order valence-corrected chi connectivity index (χ3v) is 13.6. The summed E-state index contributed by atoms with van der Waals surface area (Å²) in [4.78, 5) is 46.4. The number of amides is 2. The fraction of sp³-hybridized carbons (Fsp3) is 0.196. The van der Waals surface area contributed by atoms with E-state index in [4.69, 9.17) is 31.6 Å². The van der Waals surface area contributed by atoms with Crippen LogP contribution in [0.2, 0.25) is 5.02 Å². The molecule has 72 heavy (non-hydrogen) atoms.